The number of ether oxygens (including phenoxy) is 1. The molecule has 0 aliphatic carbocycles. The molecule has 0 unspecified atom stereocenters. The molecule has 1 amide bonds. The van der Waals surface area contributed by atoms with Crippen LogP contribution < -0.4 is 15.4 Å². The maximum Gasteiger partial charge on any atom is 0.235 e. The monoisotopic (exact) mass is 786 g/mol. The van der Waals surface area contributed by atoms with Crippen LogP contribution in [0.25, 0.3) is 0 Å². The normalized spacial score (nSPS) is 11.4. The minimum absolute atomic E-state index is 0.0504. The van der Waals surface area contributed by atoms with Crippen molar-refractivity contribution in [1.82, 2.24) is 19.8 Å². The van der Waals surface area contributed by atoms with E-state index in [9.17, 15) is 10.1 Å². The molecule has 11 heteroatoms. The first-order valence-corrected chi connectivity index (χ1v) is 19.0. The number of anilines is 1. The highest BCUT2D eigenvalue weighted by atomic mass is 35.5. The summed E-state index contributed by atoms with van der Waals surface area (Å²) in [6.07, 6.45) is 3.96. The van der Waals surface area contributed by atoms with Gasteiger partial charge in [0, 0.05) is 37.2 Å². The van der Waals surface area contributed by atoms with E-state index in [2.05, 4.69) is 21.7 Å². The number of nitriles is 1. The van der Waals surface area contributed by atoms with E-state index < -0.39 is 6.04 Å². The van der Waals surface area contributed by atoms with Gasteiger partial charge in [0.05, 0.1) is 40.5 Å². The van der Waals surface area contributed by atoms with Crippen LogP contribution in [0.4, 0.5) is 5.69 Å². The van der Waals surface area contributed by atoms with Gasteiger partial charge in [-0.2, -0.15) is 5.26 Å². The van der Waals surface area contributed by atoms with Crippen molar-refractivity contribution in [1.29, 1.82) is 5.26 Å². The van der Waals surface area contributed by atoms with Gasteiger partial charge in [0.2, 0.25) is 5.91 Å². The van der Waals surface area contributed by atoms with Gasteiger partial charge in [-0.25, -0.2) is 4.98 Å². The zero-order valence-corrected chi connectivity index (χ0v) is 32.6. The SMILES string of the molecule is Cc1ccccc1NC(=S)N(C(=O)Cc1cncn1Cc1ccc(C#N)cc1)[C@H](CNCc1cccc(Cl)c1Cl)Cc1ccc(OCc2ccccc2)cc1. The summed E-state index contributed by atoms with van der Waals surface area (Å²) >= 11 is 19.0. The fourth-order valence-corrected chi connectivity index (χ4v) is 6.93. The van der Waals surface area contributed by atoms with Gasteiger partial charge in [0.15, 0.2) is 5.11 Å². The molecule has 0 saturated carbocycles. The molecule has 0 radical (unpaired) electrons. The van der Waals surface area contributed by atoms with E-state index in [1.807, 2.05) is 115 Å². The molecule has 1 atom stereocenters. The van der Waals surface area contributed by atoms with Gasteiger partial charge in [-0.15, -0.1) is 0 Å². The fraction of sp³-hybridized carbons (Fsp3) is 0.182. The fourth-order valence-electron chi connectivity index (χ4n) is 6.18. The summed E-state index contributed by atoms with van der Waals surface area (Å²) in [7, 11) is 0. The van der Waals surface area contributed by atoms with Crippen LogP contribution in [0.2, 0.25) is 10.0 Å². The van der Waals surface area contributed by atoms with Crippen LogP contribution in [-0.2, 0) is 37.3 Å². The second kappa shape index (κ2) is 19.2. The zero-order chi connectivity index (χ0) is 38.6. The molecule has 0 fully saturated rings. The number of aryl methyl sites for hydroxylation is 1. The Morgan fingerprint density at radius 3 is 2.38 bits per heavy atom. The van der Waals surface area contributed by atoms with Crippen molar-refractivity contribution in [2.45, 2.75) is 45.5 Å². The summed E-state index contributed by atoms with van der Waals surface area (Å²) in [5, 5.41) is 17.4. The van der Waals surface area contributed by atoms with Gasteiger partial charge in [-0.05, 0) is 89.8 Å². The van der Waals surface area contributed by atoms with Gasteiger partial charge in [0.25, 0.3) is 0 Å². The molecule has 5 aromatic carbocycles. The second-order valence-electron chi connectivity index (χ2n) is 13.1. The molecule has 55 heavy (non-hydrogen) atoms. The van der Waals surface area contributed by atoms with E-state index in [1.165, 1.54) is 0 Å². The topological polar surface area (TPSA) is 95.2 Å². The lowest BCUT2D eigenvalue weighted by Crippen LogP contribution is -2.52. The van der Waals surface area contributed by atoms with Crippen molar-refractivity contribution in [3.8, 4) is 11.8 Å². The quantitative estimate of drug-likeness (QED) is 0.100. The highest BCUT2D eigenvalue weighted by Crippen LogP contribution is 2.26. The molecular formula is C44H40Cl2N6O2S. The van der Waals surface area contributed by atoms with Crippen molar-refractivity contribution in [3.05, 3.63) is 183 Å². The number of hydrogen-bond acceptors (Lipinski definition) is 6. The van der Waals surface area contributed by atoms with Gasteiger partial charge in [-0.1, -0.05) is 108 Å². The van der Waals surface area contributed by atoms with E-state index in [0.29, 0.717) is 48.3 Å². The number of amides is 1. The lowest BCUT2D eigenvalue weighted by Gasteiger charge is -2.33. The molecule has 0 spiro atoms. The Morgan fingerprint density at radius 2 is 1.64 bits per heavy atom. The number of carbonyl (C=O) groups excluding carboxylic acids is 1. The predicted molar refractivity (Wildman–Crippen MR) is 223 cm³/mol. The molecule has 0 saturated heterocycles. The molecule has 278 valence electrons. The van der Waals surface area contributed by atoms with Crippen LogP contribution in [0.3, 0.4) is 0 Å². The molecule has 0 aliphatic heterocycles. The average molecular weight is 788 g/mol. The molecule has 6 rings (SSSR count). The molecule has 6 aromatic rings. The number of imidazole rings is 1. The number of hydrogen-bond donors (Lipinski definition) is 2. The summed E-state index contributed by atoms with van der Waals surface area (Å²) in [5.74, 6) is 0.557. The molecule has 0 aliphatic rings. The average Bonchev–Trinajstić information content (AvgIpc) is 3.63. The Labute approximate surface area is 337 Å². The Bertz CT molecular complexity index is 2260. The summed E-state index contributed by atoms with van der Waals surface area (Å²) in [6, 6.07) is 40.5. The third-order valence-electron chi connectivity index (χ3n) is 9.18. The first-order chi connectivity index (χ1) is 26.8. The van der Waals surface area contributed by atoms with Crippen molar-refractivity contribution >= 4 is 52.1 Å². The van der Waals surface area contributed by atoms with Crippen LogP contribution in [0.15, 0.2) is 134 Å². The third kappa shape index (κ3) is 10.8. The standard InChI is InChI=1S/C44H40Cl2N6O2S/c1-31-8-5-6-13-41(31)50-44(55)52(42(53)23-37-26-49-30-51(37)28-34-16-14-33(24-47)15-17-34)38(27-48-25-36-11-7-12-40(45)43(36)46)22-32-18-20-39(21-19-32)54-29-35-9-3-2-4-10-35/h2-21,26,30,38,48H,22-23,25,27-29H2,1H3,(H,50,55)/t38-/m0/s1. The maximum atomic E-state index is 14.7. The summed E-state index contributed by atoms with van der Waals surface area (Å²) < 4.78 is 8.00. The van der Waals surface area contributed by atoms with E-state index in [4.69, 9.17) is 40.2 Å². The number of para-hydroxylation sites is 1. The lowest BCUT2D eigenvalue weighted by molar-refractivity contribution is -0.128. The van der Waals surface area contributed by atoms with Crippen LogP contribution in [-0.4, -0.2) is 38.1 Å². The minimum Gasteiger partial charge on any atom is -0.489 e. The smallest absolute Gasteiger partial charge is 0.235 e. The Hall–Kier alpha value is -5.50. The van der Waals surface area contributed by atoms with E-state index in [1.54, 1.807) is 35.6 Å². The number of halogens is 2. The summed E-state index contributed by atoms with van der Waals surface area (Å²) in [5.41, 5.74) is 7.04. The van der Waals surface area contributed by atoms with E-state index in [0.717, 1.165) is 44.9 Å². The summed E-state index contributed by atoms with van der Waals surface area (Å²) in [6.45, 7) is 3.76. The first-order valence-electron chi connectivity index (χ1n) is 17.8. The largest absolute Gasteiger partial charge is 0.489 e. The van der Waals surface area contributed by atoms with Crippen LogP contribution in [0.1, 0.15) is 39.1 Å². The van der Waals surface area contributed by atoms with Crippen LogP contribution in [0.5, 0.6) is 5.75 Å². The second-order valence-corrected chi connectivity index (χ2v) is 14.3. The molecular weight excluding hydrogens is 747 g/mol. The number of benzene rings is 5. The number of nitrogens with one attached hydrogen (secondary N) is 2. The molecule has 8 nitrogen and oxygen atoms in total. The van der Waals surface area contributed by atoms with Gasteiger partial charge in [0.1, 0.15) is 12.4 Å². The van der Waals surface area contributed by atoms with E-state index in [-0.39, 0.29) is 17.4 Å². The Morgan fingerprint density at radius 1 is 0.909 bits per heavy atom. The van der Waals surface area contributed by atoms with Gasteiger partial charge < -0.3 is 19.9 Å². The lowest BCUT2D eigenvalue weighted by atomic mass is 10.0. The van der Waals surface area contributed by atoms with Crippen molar-refractivity contribution in [2.24, 2.45) is 0 Å². The number of thiocarbonyl (C=S) groups is 1. The van der Waals surface area contributed by atoms with Gasteiger partial charge >= 0.3 is 0 Å². The zero-order valence-electron chi connectivity index (χ0n) is 30.3. The number of nitrogens with zero attached hydrogens (tertiary/aromatic N) is 4. The van der Waals surface area contributed by atoms with Crippen molar-refractivity contribution in [3.63, 3.8) is 0 Å². The molecule has 0 bridgehead atoms. The summed E-state index contributed by atoms with van der Waals surface area (Å²) in [4.78, 5) is 20.8. The van der Waals surface area contributed by atoms with Crippen molar-refractivity contribution in [2.75, 3.05) is 11.9 Å². The number of aromatic nitrogens is 2. The predicted octanol–water partition coefficient (Wildman–Crippen LogP) is 9.17. The Balaban J connectivity index is 1.28. The number of carbonyl (C=O) groups is 1. The highest BCUT2D eigenvalue weighted by Gasteiger charge is 2.29. The first kappa shape index (κ1) is 39.2. The van der Waals surface area contributed by atoms with Crippen LogP contribution in [0, 0.1) is 18.3 Å². The molecule has 1 aromatic heterocycles. The Kier molecular flexibility index (Phi) is 13.7. The van der Waals surface area contributed by atoms with E-state index >= 15 is 0 Å². The van der Waals surface area contributed by atoms with Gasteiger partial charge in [-0.3, -0.25) is 9.69 Å². The highest BCUT2D eigenvalue weighted by molar-refractivity contribution is 7.80. The third-order valence-corrected chi connectivity index (χ3v) is 10.3. The number of rotatable bonds is 15. The van der Waals surface area contributed by atoms with Crippen molar-refractivity contribution < 1.29 is 9.53 Å². The minimum atomic E-state index is -0.416. The molecule has 1 heterocycles. The maximum absolute atomic E-state index is 14.7. The molecule has 2 N–H and O–H groups in total. The van der Waals surface area contributed by atoms with Crippen LogP contribution >= 0.6 is 35.4 Å².